The van der Waals surface area contributed by atoms with E-state index in [1.807, 2.05) is 47.7 Å². The molecule has 0 aliphatic carbocycles. The van der Waals surface area contributed by atoms with Crippen molar-refractivity contribution in [1.29, 1.82) is 0 Å². The average molecular weight is 728 g/mol. The number of methoxy groups -OCH3 is 1. The number of nitrogens with zero attached hydrogens (tertiary/aromatic N) is 5. The zero-order chi connectivity index (χ0) is 35.6. The van der Waals surface area contributed by atoms with Gasteiger partial charge in [-0.25, -0.2) is 4.79 Å². The number of rotatable bonds is 6. The van der Waals surface area contributed by atoms with Gasteiger partial charge in [0.25, 0.3) is 0 Å². The Balaban J connectivity index is 1.35. The Kier molecular flexibility index (Phi) is 10.4. The second kappa shape index (κ2) is 15.1. The zero-order valence-electron chi connectivity index (χ0n) is 29.4. The minimum Gasteiger partial charge on any atom is -0.493 e. The van der Waals surface area contributed by atoms with Gasteiger partial charge in [0.15, 0.2) is 0 Å². The molecule has 51 heavy (non-hydrogen) atoms. The molecular weight excluding hydrogens is 686 g/mol. The summed E-state index contributed by atoms with van der Waals surface area (Å²) in [5.41, 5.74) is 8.55. The van der Waals surface area contributed by atoms with Crippen molar-refractivity contribution in [3.8, 4) is 17.0 Å². The average Bonchev–Trinajstić information content (AvgIpc) is 3.72. The predicted octanol–water partition coefficient (Wildman–Crippen LogP) is 7.52. The number of fused-ring (bicyclic) bond motifs is 8. The Hall–Kier alpha value is -4.29. The van der Waals surface area contributed by atoms with Crippen LogP contribution in [-0.4, -0.2) is 62.1 Å². The van der Waals surface area contributed by atoms with Crippen LogP contribution in [0.5, 0.6) is 5.75 Å². The standard InChI is InChI=1S/C39H42ClN5O5S/c1-43-36-30-13-14-32(40)35(36)37-31(33(42-45(37)3)21-49-17-16-48-4)23-51-22-26-20-27(44(2)41-26)12-11-24-18-25-8-5-6-9-28(25)34(19-24)50-15-7-10-29(30)38(43)39(46)47/h5-6,8-9,13-14,18-20H,7,10-12,15-17,21-23H2,1-4H3,(H,46,47). The SMILES string of the molecule is COCCOCc1nn(C)c2c1CSCc1cc(n(C)n1)CCc1cc(c3ccccc3c1)OCCCc1c(C(=O)O)n(C)c3c-2c(Cl)ccc13. The molecule has 12 heteroatoms. The maximum absolute atomic E-state index is 12.9. The number of hydrogen-bond acceptors (Lipinski definition) is 7. The first kappa shape index (κ1) is 35.1. The molecule has 1 aliphatic rings. The van der Waals surface area contributed by atoms with Crippen molar-refractivity contribution < 1.29 is 24.1 Å². The molecule has 3 aromatic carbocycles. The van der Waals surface area contributed by atoms with E-state index in [1.54, 1.807) is 30.5 Å². The lowest BCUT2D eigenvalue weighted by Crippen LogP contribution is -2.09. The van der Waals surface area contributed by atoms with Gasteiger partial charge in [0, 0.05) is 67.4 Å². The lowest BCUT2D eigenvalue weighted by atomic mass is 10.00. The fourth-order valence-electron chi connectivity index (χ4n) is 7.30. The molecule has 266 valence electrons. The van der Waals surface area contributed by atoms with E-state index < -0.39 is 5.97 Å². The zero-order valence-corrected chi connectivity index (χ0v) is 30.9. The molecule has 0 fully saturated rings. The number of carbonyl (C=O) groups is 1. The lowest BCUT2D eigenvalue weighted by Gasteiger charge is -2.13. The molecule has 3 aromatic heterocycles. The molecule has 7 rings (SSSR count). The van der Waals surface area contributed by atoms with E-state index in [9.17, 15) is 9.90 Å². The summed E-state index contributed by atoms with van der Waals surface area (Å²) in [6.45, 7) is 1.66. The summed E-state index contributed by atoms with van der Waals surface area (Å²) in [6, 6.07) is 18.7. The Bertz CT molecular complexity index is 2240. The van der Waals surface area contributed by atoms with E-state index >= 15 is 0 Å². The van der Waals surface area contributed by atoms with Gasteiger partial charge in [0.2, 0.25) is 0 Å². The number of hydrogen-bond donors (Lipinski definition) is 1. The van der Waals surface area contributed by atoms with Crippen molar-refractivity contribution in [3.05, 3.63) is 99.1 Å². The van der Waals surface area contributed by atoms with Crippen LogP contribution < -0.4 is 4.74 Å². The van der Waals surface area contributed by atoms with E-state index in [1.165, 1.54) is 11.3 Å². The van der Waals surface area contributed by atoms with Crippen LogP contribution in [0.2, 0.25) is 5.02 Å². The van der Waals surface area contributed by atoms with Gasteiger partial charge in [-0.1, -0.05) is 48.0 Å². The summed E-state index contributed by atoms with van der Waals surface area (Å²) in [7, 11) is 7.37. The molecule has 0 unspecified atom stereocenters. The van der Waals surface area contributed by atoms with Crippen LogP contribution in [0.25, 0.3) is 32.9 Å². The van der Waals surface area contributed by atoms with Gasteiger partial charge in [-0.3, -0.25) is 9.36 Å². The van der Waals surface area contributed by atoms with Crippen molar-refractivity contribution in [3.63, 3.8) is 0 Å². The van der Waals surface area contributed by atoms with Crippen LogP contribution in [0, 0.1) is 0 Å². The van der Waals surface area contributed by atoms with E-state index in [0.717, 1.165) is 74.0 Å². The van der Waals surface area contributed by atoms with Crippen molar-refractivity contribution in [1.82, 2.24) is 24.1 Å². The number of aromatic carboxylic acids is 1. The largest absolute Gasteiger partial charge is 0.493 e. The van der Waals surface area contributed by atoms with Gasteiger partial charge in [0.05, 0.1) is 54.0 Å². The number of carboxylic acid groups (broad SMARTS) is 1. The van der Waals surface area contributed by atoms with Crippen LogP contribution in [0.3, 0.4) is 0 Å². The molecule has 0 saturated heterocycles. The topological polar surface area (TPSA) is 106 Å². The Morgan fingerprint density at radius 2 is 1.80 bits per heavy atom. The number of benzene rings is 3. The molecule has 1 aliphatic heterocycles. The fourth-order valence-corrected chi connectivity index (χ4v) is 8.50. The van der Waals surface area contributed by atoms with Crippen LogP contribution in [-0.2, 0) is 68.0 Å². The van der Waals surface area contributed by atoms with Crippen LogP contribution in [0.1, 0.15) is 50.7 Å². The minimum absolute atomic E-state index is 0.246. The summed E-state index contributed by atoms with van der Waals surface area (Å²) in [5, 5.41) is 23.9. The molecule has 0 radical (unpaired) electrons. The van der Waals surface area contributed by atoms with Crippen LogP contribution in [0.4, 0.5) is 0 Å². The maximum atomic E-state index is 12.9. The molecule has 0 amide bonds. The number of thioether (sulfide) groups is 1. The Morgan fingerprint density at radius 1 is 0.961 bits per heavy atom. The van der Waals surface area contributed by atoms with Gasteiger partial charge in [-0.15, -0.1) is 0 Å². The number of carboxylic acids is 1. The molecular formula is C39H42ClN5O5S. The summed E-state index contributed by atoms with van der Waals surface area (Å²) in [4.78, 5) is 12.9. The molecule has 6 aromatic rings. The fraction of sp³-hybridized carbons (Fsp3) is 0.359. The highest BCUT2D eigenvalue weighted by atomic mass is 35.5. The number of aryl methyl sites for hydroxylation is 6. The maximum Gasteiger partial charge on any atom is 0.352 e. The van der Waals surface area contributed by atoms with E-state index in [4.69, 9.17) is 36.0 Å². The minimum atomic E-state index is -0.984. The third kappa shape index (κ3) is 7.00. The van der Waals surface area contributed by atoms with Gasteiger partial charge >= 0.3 is 5.97 Å². The summed E-state index contributed by atoms with van der Waals surface area (Å²) < 4.78 is 23.2. The van der Waals surface area contributed by atoms with E-state index in [0.29, 0.717) is 55.8 Å². The number of ether oxygens (including phenoxy) is 3. The van der Waals surface area contributed by atoms with Gasteiger partial charge in [0.1, 0.15) is 11.4 Å². The van der Waals surface area contributed by atoms with Crippen molar-refractivity contribution >= 4 is 51.0 Å². The van der Waals surface area contributed by atoms with Crippen LogP contribution in [0.15, 0.2) is 54.6 Å². The third-order valence-corrected chi connectivity index (χ3v) is 11.0. The number of aromatic nitrogens is 5. The van der Waals surface area contributed by atoms with Crippen LogP contribution >= 0.6 is 23.4 Å². The lowest BCUT2D eigenvalue weighted by molar-refractivity contribution is 0.0598. The van der Waals surface area contributed by atoms with Crippen molar-refractivity contribution in [2.75, 3.05) is 26.9 Å². The third-order valence-electron chi connectivity index (χ3n) is 9.65. The molecule has 10 nitrogen and oxygen atoms in total. The highest BCUT2D eigenvalue weighted by Crippen LogP contribution is 2.42. The van der Waals surface area contributed by atoms with Crippen molar-refractivity contribution in [2.24, 2.45) is 21.1 Å². The molecule has 1 N–H and O–H groups in total. The monoisotopic (exact) mass is 727 g/mol. The summed E-state index contributed by atoms with van der Waals surface area (Å²) in [5.74, 6) is 1.19. The second-order valence-electron chi connectivity index (χ2n) is 13.0. The second-order valence-corrected chi connectivity index (χ2v) is 14.4. The normalized spacial score (nSPS) is 14.1. The smallest absolute Gasteiger partial charge is 0.352 e. The van der Waals surface area contributed by atoms with E-state index in [-0.39, 0.29) is 5.69 Å². The molecule has 0 saturated carbocycles. The molecule has 0 spiro atoms. The van der Waals surface area contributed by atoms with Gasteiger partial charge in [-0.05, 0) is 60.4 Å². The summed E-state index contributed by atoms with van der Waals surface area (Å²) in [6.07, 6.45) is 2.84. The first-order chi connectivity index (χ1) is 24.7. The number of halogens is 1. The molecule has 4 heterocycles. The van der Waals surface area contributed by atoms with E-state index in [2.05, 4.69) is 30.3 Å². The molecule has 8 bridgehead atoms. The molecule has 0 atom stereocenters. The highest BCUT2D eigenvalue weighted by Gasteiger charge is 2.28. The van der Waals surface area contributed by atoms with Crippen molar-refractivity contribution in [2.45, 2.75) is 43.8 Å². The Labute approximate surface area is 306 Å². The first-order valence-electron chi connectivity index (χ1n) is 17.1. The first-order valence-corrected chi connectivity index (χ1v) is 18.7. The van der Waals surface area contributed by atoms with Gasteiger partial charge < -0.3 is 23.9 Å². The Morgan fingerprint density at radius 3 is 2.63 bits per heavy atom. The van der Waals surface area contributed by atoms with Gasteiger partial charge in [-0.2, -0.15) is 22.0 Å². The predicted molar refractivity (Wildman–Crippen MR) is 202 cm³/mol. The quantitative estimate of drug-likeness (QED) is 0.176. The summed E-state index contributed by atoms with van der Waals surface area (Å²) >= 11 is 8.83. The highest BCUT2D eigenvalue weighted by molar-refractivity contribution is 7.97.